The van der Waals surface area contributed by atoms with E-state index in [0.717, 1.165) is 23.2 Å². The van der Waals surface area contributed by atoms with Gasteiger partial charge in [0.1, 0.15) is 11.6 Å². The number of alkyl halides is 3. The first-order valence-electron chi connectivity index (χ1n) is 7.76. The lowest BCUT2D eigenvalue weighted by Gasteiger charge is -2.25. The first-order chi connectivity index (χ1) is 13.1. The zero-order valence-corrected chi connectivity index (χ0v) is 15.6. The molecule has 1 heterocycles. The number of halogens is 3. The minimum absolute atomic E-state index is 0.0573. The number of benzene rings is 1. The summed E-state index contributed by atoms with van der Waals surface area (Å²) in [6.45, 7) is 1.51. The number of amides is 1. The molecular formula is C16H15F3N6O2S. The Morgan fingerprint density at radius 2 is 2.07 bits per heavy atom. The summed E-state index contributed by atoms with van der Waals surface area (Å²) in [5.41, 5.74) is 6.75. The van der Waals surface area contributed by atoms with Crippen LogP contribution in [0.4, 0.5) is 30.6 Å². The summed E-state index contributed by atoms with van der Waals surface area (Å²) in [7, 11) is -1.69. The van der Waals surface area contributed by atoms with Crippen molar-refractivity contribution >= 4 is 34.2 Å². The molecule has 28 heavy (non-hydrogen) atoms. The number of nitriles is 1. The highest BCUT2D eigenvalue weighted by Crippen LogP contribution is 2.32. The Kier molecular flexibility index (Phi) is 6.19. The molecule has 12 heteroatoms. The summed E-state index contributed by atoms with van der Waals surface area (Å²) in [6.07, 6.45) is -3.40. The van der Waals surface area contributed by atoms with Gasteiger partial charge in [0.05, 0.1) is 22.1 Å². The molecule has 0 radical (unpaired) electrons. The number of anilines is 3. The zero-order chi connectivity index (χ0) is 21.1. The van der Waals surface area contributed by atoms with E-state index >= 15 is 0 Å². The highest BCUT2D eigenvalue weighted by Gasteiger charge is 2.31. The topological polar surface area (TPSA) is 125 Å². The maximum absolute atomic E-state index is 13.0. The molecule has 1 aromatic carbocycles. The fraction of sp³-hybridized carbons (Fsp3) is 0.250. The van der Waals surface area contributed by atoms with E-state index in [1.54, 1.807) is 6.07 Å². The highest BCUT2D eigenvalue weighted by atomic mass is 32.2. The van der Waals surface area contributed by atoms with Crippen LogP contribution in [0.3, 0.4) is 0 Å². The van der Waals surface area contributed by atoms with Crippen molar-refractivity contribution in [1.82, 2.24) is 9.97 Å². The number of nitrogen functional groups attached to an aromatic ring is 1. The Hall–Kier alpha value is -3.20. The van der Waals surface area contributed by atoms with Crippen LogP contribution in [0.2, 0.25) is 0 Å². The Balaban J connectivity index is 2.58. The second-order valence-corrected chi connectivity index (χ2v) is 6.71. The predicted molar refractivity (Wildman–Crippen MR) is 96.3 cm³/mol. The first kappa shape index (κ1) is 21.1. The molecule has 2 aromatic rings. The van der Waals surface area contributed by atoms with Gasteiger partial charge in [-0.3, -0.25) is 14.4 Å². The van der Waals surface area contributed by atoms with Crippen LogP contribution in [0.1, 0.15) is 24.5 Å². The molecule has 2 rings (SSSR count). The van der Waals surface area contributed by atoms with Gasteiger partial charge in [-0.1, -0.05) is 13.0 Å². The summed E-state index contributed by atoms with van der Waals surface area (Å²) in [5, 5.41) is 10.0. The van der Waals surface area contributed by atoms with Crippen LogP contribution >= 0.6 is 0 Å². The Morgan fingerprint density at radius 3 is 2.61 bits per heavy atom. The Bertz CT molecular complexity index is 974. The van der Waals surface area contributed by atoms with Gasteiger partial charge in [-0.25, -0.2) is 9.99 Å². The molecule has 0 aliphatic carbocycles. The average Bonchev–Trinajstić information content (AvgIpc) is 2.64. The van der Waals surface area contributed by atoms with Gasteiger partial charge in [0.15, 0.2) is 10.8 Å². The van der Waals surface area contributed by atoms with Gasteiger partial charge in [-0.05, 0) is 18.2 Å². The van der Waals surface area contributed by atoms with Crippen molar-refractivity contribution in [2.75, 3.05) is 22.4 Å². The number of nitrogens with zero attached hydrogens (tertiary/aromatic N) is 4. The molecule has 0 saturated heterocycles. The number of hydrogen-bond donors (Lipinski definition) is 2. The van der Waals surface area contributed by atoms with E-state index in [4.69, 9.17) is 5.73 Å². The zero-order valence-electron chi connectivity index (χ0n) is 14.7. The highest BCUT2D eigenvalue weighted by molar-refractivity contribution is 7.84. The molecule has 148 valence electrons. The summed E-state index contributed by atoms with van der Waals surface area (Å²) >= 11 is 0. The first-order valence-corrected chi connectivity index (χ1v) is 9.32. The maximum Gasteiger partial charge on any atom is 0.416 e. The van der Waals surface area contributed by atoms with Crippen molar-refractivity contribution in [3.63, 3.8) is 0 Å². The van der Waals surface area contributed by atoms with Crippen molar-refractivity contribution < 1.29 is 22.2 Å². The van der Waals surface area contributed by atoms with E-state index in [-0.39, 0.29) is 34.5 Å². The fourth-order valence-corrected chi connectivity index (χ4v) is 2.85. The fourth-order valence-electron chi connectivity index (χ4n) is 2.20. The van der Waals surface area contributed by atoms with Crippen LogP contribution in [0.25, 0.3) is 0 Å². The number of nitrogens with two attached hydrogens (primary N) is 1. The van der Waals surface area contributed by atoms with Gasteiger partial charge in [0, 0.05) is 12.7 Å². The molecule has 0 fully saturated rings. The van der Waals surface area contributed by atoms with E-state index in [1.165, 1.54) is 19.2 Å². The van der Waals surface area contributed by atoms with Gasteiger partial charge in [0.2, 0.25) is 11.9 Å². The molecule has 1 amide bonds. The van der Waals surface area contributed by atoms with Crippen molar-refractivity contribution in [3.8, 4) is 6.07 Å². The number of rotatable bonds is 5. The van der Waals surface area contributed by atoms with Gasteiger partial charge >= 0.3 is 6.18 Å². The number of aromatic nitrogens is 2. The standard InChI is InChI=1S/C16H15F3N6O2S/c1-3-12(26)25(10-6-4-5-9(7-10)16(17,18)19)24-13-11(8-20)14(28(2)27)23-15(21)22-13/h4-7H,3H2,1-2H3,(H3,21,22,23,24). The second kappa shape index (κ2) is 8.22. The monoisotopic (exact) mass is 412 g/mol. The Morgan fingerprint density at radius 1 is 1.39 bits per heavy atom. The van der Waals surface area contributed by atoms with Crippen molar-refractivity contribution in [3.05, 3.63) is 35.4 Å². The molecule has 1 aromatic heterocycles. The lowest BCUT2D eigenvalue weighted by molar-refractivity contribution is -0.137. The van der Waals surface area contributed by atoms with Gasteiger partial charge in [-0.15, -0.1) is 0 Å². The summed E-state index contributed by atoms with van der Waals surface area (Å²) in [6, 6.07) is 5.83. The Labute approximate surface area is 160 Å². The lowest BCUT2D eigenvalue weighted by Crippen LogP contribution is -2.37. The molecule has 0 aliphatic heterocycles. The minimum Gasteiger partial charge on any atom is -0.368 e. The normalized spacial score (nSPS) is 12.1. The average molecular weight is 412 g/mol. The van der Waals surface area contributed by atoms with Crippen molar-refractivity contribution in [1.29, 1.82) is 5.26 Å². The third kappa shape index (κ3) is 4.55. The molecule has 1 unspecified atom stereocenters. The van der Waals surface area contributed by atoms with Crippen LogP contribution < -0.4 is 16.2 Å². The second-order valence-electron chi connectivity index (χ2n) is 5.42. The van der Waals surface area contributed by atoms with Crippen LogP contribution in [0.5, 0.6) is 0 Å². The van der Waals surface area contributed by atoms with Crippen LogP contribution in [-0.2, 0) is 21.8 Å². The molecule has 3 N–H and O–H groups in total. The summed E-state index contributed by atoms with van der Waals surface area (Å²) in [4.78, 5) is 19.9. The van der Waals surface area contributed by atoms with Crippen LogP contribution in [0.15, 0.2) is 29.3 Å². The summed E-state index contributed by atoms with van der Waals surface area (Å²) in [5.74, 6) is -1.17. The lowest BCUT2D eigenvalue weighted by atomic mass is 10.2. The van der Waals surface area contributed by atoms with E-state index in [1.807, 2.05) is 0 Å². The molecular weight excluding hydrogens is 397 g/mol. The summed E-state index contributed by atoms with van der Waals surface area (Å²) < 4.78 is 50.9. The molecule has 0 saturated carbocycles. The van der Waals surface area contributed by atoms with Crippen molar-refractivity contribution in [2.24, 2.45) is 0 Å². The van der Waals surface area contributed by atoms with E-state index < -0.39 is 28.4 Å². The van der Waals surface area contributed by atoms with Gasteiger partial charge in [-0.2, -0.15) is 23.4 Å². The maximum atomic E-state index is 13.0. The molecule has 0 spiro atoms. The van der Waals surface area contributed by atoms with Crippen molar-refractivity contribution in [2.45, 2.75) is 24.5 Å². The SMILES string of the molecule is CCC(=O)N(Nc1nc(N)nc(S(C)=O)c1C#N)c1cccc(C(F)(F)F)c1. The minimum atomic E-state index is -4.61. The quantitative estimate of drug-likeness (QED) is 0.571. The van der Waals surface area contributed by atoms with E-state index in [2.05, 4.69) is 15.4 Å². The number of hydrazine groups is 1. The third-order valence-corrected chi connectivity index (χ3v) is 4.32. The van der Waals surface area contributed by atoms with Crippen LogP contribution in [-0.4, -0.2) is 26.3 Å². The van der Waals surface area contributed by atoms with E-state index in [9.17, 15) is 27.4 Å². The number of nitrogens with one attached hydrogen (secondary N) is 1. The molecule has 1 atom stereocenters. The number of carbonyl (C=O) groups excluding carboxylic acids is 1. The predicted octanol–water partition coefficient (Wildman–Crippen LogP) is 2.46. The number of carbonyl (C=O) groups is 1. The van der Waals surface area contributed by atoms with Crippen LogP contribution in [0, 0.1) is 11.3 Å². The number of hydrogen-bond acceptors (Lipinski definition) is 7. The van der Waals surface area contributed by atoms with E-state index in [0.29, 0.717) is 0 Å². The molecule has 0 bridgehead atoms. The molecule has 8 nitrogen and oxygen atoms in total. The van der Waals surface area contributed by atoms with Gasteiger partial charge in [0.25, 0.3) is 0 Å². The van der Waals surface area contributed by atoms with Gasteiger partial charge < -0.3 is 5.73 Å². The third-order valence-electron chi connectivity index (χ3n) is 3.48. The smallest absolute Gasteiger partial charge is 0.368 e. The molecule has 0 aliphatic rings. The largest absolute Gasteiger partial charge is 0.416 e.